The van der Waals surface area contributed by atoms with E-state index in [0.29, 0.717) is 10.6 Å². The molecular weight excluding hydrogens is 525 g/mol. The van der Waals surface area contributed by atoms with Crippen LogP contribution in [0.2, 0.25) is 5.02 Å². The van der Waals surface area contributed by atoms with Crippen LogP contribution in [0, 0.1) is 0 Å². The van der Waals surface area contributed by atoms with Gasteiger partial charge in [-0.3, -0.25) is 0 Å². The average Bonchev–Trinajstić information content (AvgIpc) is 2.99. The molecule has 0 radical (unpaired) electrons. The van der Waals surface area contributed by atoms with Crippen molar-refractivity contribution < 1.29 is 5.11 Å². The fourth-order valence-electron chi connectivity index (χ4n) is 4.36. The van der Waals surface area contributed by atoms with E-state index in [1.807, 2.05) is 78.2 Å². The predicted octanol–water partition coefficient (Wildman–Crippen LogP) is 7.03. The first-order chi connectivity index (χ1) is 18.7. The van der Waals surface area contributed by atoms with Crippen molar-refractivity contribution in [3.8, 4) is 0 Å². The Labute approximate surface area is 233 Å². The van der Waals surface area contributed by atoms with E-state index in [2.05, 4.69) is 72.8 Å². The Hall–Kier alpha value is -3.62. The fourth-order valence-corrected chi connectivity index (χ4v) is 9.65. The Bertz CT molecular complexity index is 1430. The molecule has 5 aromatic rings. The highest BCUT2D eigenvalue weighted by Gasteiger charge is 2.50. The molecule has 0 unspecified atom stereocenters. The normalized spacial score (nSPS) is 12.3. The summed E-state index contributed by atoms with van der Waals surface area (Å²) in [4.78, 5) is 5.92. The van der Waals surface area contributed by atoms with E-state index in [0.717, 1.165) is 26.2 Å². The van der Waals surface area contributed by atoms with Gasteiger partial charge < -0.3 is 5.11 Å². The van der Waals surface area contributed by atoms with E-state index in [4.69, 9.17) is 16.6 Å². The molecule has 2 nitrogen and oxygen atoms in total. The Kier molecular flexibility index (Phi) is 8.41. The first kappa shape index (κ1) is 26.0. The summed E-state index contributed by atoms with van der Waals surface area (Å²) in [6, 6.07) is 48.2. The molecule has 5 heteroatoms. The van der Waals surface area contributed by atoms with Gasteiger partial charge in [0, 0.05) is 15.3 Å². The maximum atomic E-state index is 13.6. The van der Waals surface area contributed by atoms with Crippen molar-refractivity contribution in [2.45, 2.75) is 4.90 Å². The van der Waals surface area contributed by atoms with E-state index in [9.17, 15) is 5.11 Å². The first-order valence-corrected chi connectivity index (χ1v) is 15.2. The fraction of sp³-hybridized carbons (Fsp3) is 0. The molecule has 5 aromatic carbocycles. The van der Waals surface area contributed by atoms with Gasteiger partial charge in [-0.2, -0.15) is 0 Å². The summed E-state index contributed by atoms with van der Waals surface area (Å²) >= 11 is 7.69. The molecule has 0 amide bonds. The molecule has 0 aliphatic heterocycles. The zero-order valence-corrected chi connectivity index (χ0v) is 23.0. The van der Waals surface area contributed by atoms with Gasteiger partial charge in [0.25, 0.3) is 0 Å². The van der Waals surface area contributed by atoms with E-state index < -0.39 is 7.26 Å². The molecule has 0 atom stereocenters. The van der Waals surface area contributed by atoms with Crippen LogP contribution in [0.4, 0.5) is 0 Å². The molecule has 186 valence electrons. The summed E-state index contributed by atoms with van der Waals surface area (Å²) in [7, 11) is -2.56. The minimum atomic E-state index is -2.56. The van der Waals surface area contributed by atoms with Crippen LogP contribution in [-0.4, -0.2) is 5.90 Å². The number of benzene rings is 5. The molecule has 0 N–H and O–H groups in total. The quantitative estimate of drug-likeness (QED) is 0.0901. The van der Waals surface area contributed by atoms with Crippen LogP contribution < -0.4 is 21.0 Å². The smallest absolute Gasteiger partial charge is 0.204 e. The summed E-state index contributed by atoms with van der Waals surface area (Å²) in [5.41, 5.74) is 1.30. The maximum absolute atomic E-state index is 13.6. The third-order valence-corrected chi connectivity index (χ3v) is 11.6. The maximum Gasteiger partial charge on any atom is 0.204 e. The number of hydrogen-bond acceptors (Lipinski definition) is 3. The van der Waals surface area contributed by atoms with Crippen molar-refractivity contribution in [2.24, 2.45) is 4.99 Å². The monoisotopic (exact) mass is 549 g/mol. The molecule has 0 aromatic heterocycles. The van der Waals surface area contributed by atoms with E-state index in [1.165, 1.54) is 0 Å². The van der Waals surface area contributed by atoms with Crippen LogP contribution in [0.3, 0.4) is 0 Å². The summed E-state index contributed by atoms with van der Waals surface area (Å²) in [5.74, 6) is -0.263. The van der Waals surface area contributed by atoms with Gasteiger partial charge in [0.2, 0.25) is 5.44 Å². The molecule has 0 aliphatic carbocycles. The van der Waals surface area contributed by atoms with Crippen LogP contribution in [0.5, 0.6) is 0 Å². The molecule has 0 aliphatic rings. The summed E-state index contributed by atoms with van der Waals surface area (Å²) in [6.07, 6.45) is 0. The largest absolute Gasteiger partial charge is 0.858 e. The zero-order chi connectivity index (χ0) is 26.2. The molecule has 0 spiro atoms. The zero-order valence-electron chi connectivity index (χ0n) is 20.5. The van der Waals surface area contributed by atoms with Gasteiger partial charge in [-0.25, -0.2) is 4.99 Å². The van der Waals surface area contributed by atoms with Gasteiger partial charge >= 0.3 is 0 Å². The van der Waals surface area contributed by atoms with Gasteiger partial charge in [-0.15, -0.1) is 0 Å². The lowest BCUT2D eigenvalue weighted by Gasteiger charge is -2.28. The number of hydrogen-bond donors (Lipinski definition) is 0. The van der Waals surface area contributed by atoms with Gasteiger partial charge in [0.1, 0.15) is 15.9 Å². The first-order valence-electron chi connectivity index (χ1n) is 12.2. The number of aliphatic imine (C=N–C) groups is 1. The minimum Gasteiger partial charge on any atom is -0.858 e. The molecule has 0 saturated carbocycles. The number of nitrogens with zero attached hydrogens (tertiary/aromatic N) is 1. The lowest BCUT2D eigenvalue weighted by molar-refractivity contribution is -0.212. The number of rotatable bonds is 8. The van der Waals surface area contributed by atoms with Gasteiger partial charge in [0.15, 0.2) is 7.26 Å². The van der Waals surface area contributed by atoms with Crippen molar-refractivity contribution in [3.05, 3.63) is 167 Å². The van der Waals surface area contributed by atoms with E-state index in [-0.39, 0.29) is 5.90 Å². The predicted molar refractivity (Wildman–Crippen MR) is 164 cm³/mol. The molecule has 0 fully saturated rings. The van der Waals surface area contributed by atoms with E-state index in [1.54, 1.807) is 11.8 Å². The number of thioether (sulfide) groups is 1. The molecule has 0 bridgehead atoms. The second-order valence-electron chi connectivity index (χ2n) is 8.51. The topological polar surface area (TPSA) is 35.4 Å². The minimum absolute atomic E-state index is 0.263. The van der Waals surface area contributed by atoms with Crippen LogP contribution in [-0.2, 0) is 0 Å². The highest BCUT2D eigenvalue weighted by Crippen LogP contribution is 2.63. The van der Waals surface area contributed by atoms with Crippen molar-refractivity contribution >= 4 is 52.4 Å². The second-order valence-corrected chi connectivity index (χ2v) is 13.2. The van der Waals surface area contributed by atoms with Crippen molar-refractivity contribution in [1.82, 2.24) is 0 Å². The third-order valence-electron chi connectivity index (χ3n) is 6.13. The van der Waals surface area contributed by atoms with Crippen LogP contribution in [0.25, 0.3) is 0 Å². The third kappa shape index (κ3) is 5.61. The van der Waals surface area contributed by atoms with Crippen molar-refractivity contribution in [2.75, 3.05) is 0 Å². The van der Waals surface area contributed by atoms with Gasteiger partial charge in [-0.1, -0.05) is 108 Å². The summed E-state index contributed by atoms with van der Waals surface area (Å²) in [6.45, 7) is 0. The molecule has 38 heavy (non-hydrogen) atoms. The lowest BCUT2D eigenvalue weighted by Crippen LogP contribution is -2.33. The lowest BCUT2D eigenvalue weighted by atomic mass is 10.2. The summed E-state index contributed by atoms with van der Waals surface area (Å²) in [5, 5.41) is 19.8. The van der Waals surface area contributed by atoms with Crippen LogP contribution in [0.1, 0.15) is 5.56 Å². The molecule has 0 heterocycles. The Balaban J connectivity index is 1.82. The van der Waals surface area contributed by atoms with E-state index >= 15 is 0 Å². The Morgan fingerprint density at radius 2 is 1.03 bits per heavy atom. The SMILES string of the molecule is [O-]/C(=N\C(=C/Sc1ccc(Cl)cc1)[P+](c1ccccc1)(c1ccccc1)c1ccccc1)c1ccccc1. The molecule has 0 saturated heterocycles. The average molecular weight is 550 g/mol. The number of halogens is 1. The van der Waals surface area contributed by atoms with Crippen LogP contribution in [0.15, 0.2) is 166 Å². The highest BCUT2D eigenvalue weighted by atomic mass is 35.5. The Morgan fingerprint density at radius 3 is 1.47 bits per heavy atom. The summed E-state index contributed by atoms with van der Waals surface area (Å²) < 4.78 is 0. The van der Waals surface area contributed by atoms with Gasteiger partial charge in [0.05, 0.1) is 0 Å². The molecule has 5 rings (SSSR count). The van der Waals surface area contributed by atoms with Crippen LogP contribution >= 0.6 is 30.6 Å². The van der Waals surface area contributed by atoms with Crippen molar-refractivity contribution in [1.29, 1.82) is 0 Å². The second kappa shape index (κ2) is 12.3. The highest BCUT2D eigenvalue weighted by molar-refractivity contribution is 8.04. The molecular formula is C33H25ClNOPS. The van der Waals surface area contributed by atoms with Gasteiger partial charge in [-0.05, 0) is 72.1 Å². The standard InChI is InChI=1S/C33H25ClNOPS/c34-27-21-23-31(24-22-27)38-25-32(35-33(36)26-13-5-1-6-14-26)37(28-15-7-2-8-16-28,29-17-9-3-10-18-29)30-19-11-4-12-20-30/h1-25H/b32-25+. The Morgan fingerprint density at radius 1 is 0.605 bits per heavy atom. The van der Waals surface area contributed by atoms with Crippen molar-refractivity contribution in [3.63, 3.8) is 0 Å².